The largest absolute Gasteiger partial charge is 0.478 e. The second kappa shape index (κ2) is 11.6. The lowest BCUT2D eigenvalue weighted by atomic mass is 9.84. The Bertz CT molecular complexity index is 608. The molecule has 1 unspecified atom stereocenters. The van der Waals surface area contributed by atoms with Crippen LogP contribution in [-0.2, 0) is 14.4 Å². The zero-order valence-corrected chi connectivity index (χ0v) is 19.6. The van der Waals surface area contributed by atoms with Crippen molar-refractivity contribution in [3.63, 3.8) is 0 Å². The molecular formula is C21H38ClN3O4. The standard InChI is InChI=1S/C21H37N3O4.ClH/c1-13(2)16(12-14(3)20(27)28)24(7)19(26)17(21(4,5)6)23-18(25)15-10-8-9-11-22-15;/h12-13,15-17,22H,8-11H2,1-7H3,(H,23,25)(H,27,28);1H/b14-12+;/t15?,16-,17-;/m1./s1. The summed E-state index contributed by atoms with van der Waals surface area (Å²) in [6.07, 6.45) is 4.42. The third-order valence-electron chi connectivity index (χ3n) is 5.26. The zero-order valence-electron chi connectivity index (χ0n) is 18.7. The van der Waals surface area contributed by atoms with E-state index >= 15 is 0 Å². The quantitative estimate of drug-likeness (QED) is 0.538. The van der Waals surface area contributed by atoms with Gasteiger partial charge in [0.2, 0.25) is 11.8 Å². The molecule has 0 saturated carbocycles. The van der Waals surface area contributed by atoms with Gasteiger partial charge in [-0.05, 0) is 37.6 Å². The predicted molar refractivity (Wildman–Crippen MR) is 117 cm³/mol. The molecule has 3 N–H and O–H groups in total. The molecule has 0 aromatic carbocycles. The first-order chi connectivity index (χ1) is 12.9. The molecule has 168 valence electrons. The lowest BCUT2D eigenvalue weighted by Gasteiger charge is -2.38. The van der Waals surface area contributed by atoms with E-state index in [4.69, 9.17) is 0 Å². The number of hydrogen-bond donors (Lipinski definition) is 3. The number of rotatable bonds is 7. The molecular weight excluding hydrogens is 394 g/mol. The third-order valence-corrected chi connectivity index (χ3v) is 5.26. The fraction of sp³-hybridized carbons (Fsp3) is 0.762. The molecule has 29 heavy (non-hydrogen) atoms. The minimum atomic E-state index is -1.00. The molecule has 1 aliphatic heterocycles. The number of piperidine rings is 1. The fourth-order valence-electron chi connectivity index (χ4n) is 3.40. The van der Waals surface area contributed by atoms with Crippen molar-refractivity contribution < 1.29 is 19.5 Å². The molecule has 1 saturated heterocycles. The van der Waals surface area contributed by atoms with Crippen molar-refractivity contribution in [1.29, 1.82) is 0 Å². The number of carboxylic acid groups (broad SMARTS) is 1. The summed E-state index contributed by atoms with van der Waals surface area (Å²) >= 11 is 0. The van der Waals surface area contributed by atoms with Crippen LogP contribution in [0.3, 0.4) is 0 Å². The number of carbonyl (C=O) groups is 3. The molecule has 0 aliphatic carbocycles. The number of aliphatic carboxylic acids is 1. The Balaban J connectivity index is 0.00000784. The molecule has 2 amide bonds. The summed E-state index contributed by atoms with van der Waals surface area (Å²) in [6.45, 7) is 12.0. The first-order valence-electron chi connectivity index (χ1n) is 10.1. The number of carboxylic acids is 1. The number of nitrogens with zero attached hydrogens (tertiary/aromatic N) is 1. The number of amides is 2. The highest BCUT2D eigenvalue weighted by molar-refractivity contribution is 5.91. The van der Waals surface area contributed by atoms with Crippen molar-refractivity contribution >= 4 is 30.2 Å². The van der Waals surface area contributed by atoms with Crippen LogP contribution < -0.4 is 10.6 Å². The molecule has 0 spiro atoms. The smallest absolute Gasteiger partial charge is 0.331 e. The molecule has 3 atom stereocenters. The highest BCUT2D eigenvalue weighted by atomic mass is 35.5. The van der Waals surface area contributed by atoms with Crippen molar-refractivity contribution in [2.45, 2.75) is 78.9 Å². The summed E-state index contributed by atoms with van der Waals surface area (Å²) in [5.74, 6) is -1.35. The number of likely N-dealkylation sites (N-methyl/N-ethyl adjacent to an activating group) is 1. The van der Waals surface area contributed by atoms with Crippen LogP contribution in [0.5, 0.6) is 0 Å². The van der Waals surface area contributed by atoms with Crippen molar-refractivity contribution in [2.24, 2.45) is 11.3 Å². The summed E-state index contributed by atoms with van der Waals surface area (Å²) in [5, 5.41) is 15.4. The van der Waals surface area contributed by atoms with E-state index < -0.39 is 17.4 Å². The van der Waals surface area contributed by atoms with Gasteiger partial charge in [0, 0.05) is 12.6 Å². The van der Waals surface area contributed by atoms with Crippen LogP contribution in [-0.4, -0.2) is 59.5 Å². The van der Waals surface area contributed by atoms with Crippen LogP contribution in [0.2, 0.25) is 0 Å². The van der Waals surface area contributed by atoms with E-state index in [1.54, 1.807) is 18.0 Å². The Kier molecular flexibility index (Phi) is 10.9. The molecule has 8 heteroatoms. The van der Waals surface area contributed by atoms with Crippen molar-refractivity contribution in [1.82, 2.24) is 15.5 Å². The summed E-state index contributed by atoms with van der Waals surface area (Å²) < 4.78 is 0. The first kappa shape index (κ1) is 27.4. The number of carbonyl (C=O) groups excluding carboxylic acids is 2. The van der Waals surface area contributed by atoms with Gasteiger partial charge in [0.05, 0.1) is 12.1 Å². The van der Waals surface area contributed by atoms with Crippen molar-refractivity contribution in [2.75, 3.05) is 13.6 Å². The average Bonchev–Trinajstić information content (AvgIpc) is 2.61. The monoisotopic (exact) mass is 431 g/mol. The van der Waals surface area contributed by atoms with Crippen molar-refractivity contribution in [3.8, 4) is 0 Å². The molecule has 0 radical (unpaired) electrons. The van der Waals surface area contributed by atoms with Gasteiger partial charge in [0.25, 0.3) is 0 Å². The molecule has 1 rings (SSSR count). The Hall–Kier alpha value is -1.60. The second-order valence-electron chi connectivity index (χ2n) is 9.15. The number of halogens is 1. The van der Waals surface area contributed by atoms with Gasteiger partial charge in [-0.25, -0.2) is 4.79 Å². The predicted octanol–water partition coefficient (Wildman–Crippen LogP) is 2.60. The van der Waals surface area contributed by atoms with Gasteiger partial charge in [-0.1, -0.05) is 47.1 Å². The minimum absolute atomic E-state index is 0. The summed E-state index contributed by atoms with van der Waals surface area (Å²) in [7, 11) is 1.67. The van der Waals surface area contributed by atoms with E-state index in [0.29, 0.717) is 0 Å². The van der Waals surface area contributed by atoms with Gasteiger partial charge in [-0.15, -0.1) is 12.4 Å². The molecule has 0 aromatic rings. The Morgan fingerprint density at radius 1 is 1.21 bits per heavy atom. The van der Waals surface area contributed by atoms with E-state index in [9.17, 15) is 19.5 Å². The summed E-state index contributed by atoms with van der Waals surface area (Å²) in [4.78, 5) is 38.8. The lowest BCUT2D eigenvalue weighted by Crippen LogP contribution is -2.59. The lowest BCUT2D eigenvalue weighted by molar-refractivity contribution is -0.140. The van der Waals surface area contributed by atoms with Gasteiger partial charge < -0.3 is 20.6 Å². The number of hydrogen-bond acceptors (Lipinski definition) is 4. The molecule has 0 aromatic heterocycles. The highest BCUT2D eigenvalue weighted by Gasteiger charge is 2.38. The second-order valence-corrected chi connectivity index (χ2v) is 9.15. The zero-order chi connectivity index (χ0) is 21.6. The number of nitrogens with one attached hydrogen (secondary N) is 2. The van der Waals surface area contributed by atoms with E-state index in [1.165, 1.54) is 6.92 Å². The fourth-order valence-corrected chi connectivity index (χ4v) is 3.40. The van der Waals surface area contributed by atoms with E-state index in [0.717, 1.165) is 25.8 Å². The van der Waals surface area contributed by atoms with Crippen LogP contribution in [0.4, 0.5) is 0 Å². The van der Waals surface area contributed by atoms with Gasteiger partial charge in [-0.2, -0.15) is 0 Å². The summed E-state index contributed by atoms with van der Waals surface area (Å²) in [6, 6.07) is -1.35. The molecule has 1 heterocycles. The Morgan fingerprint density at radius 3 is 2.21 bits per heavy atom. The van der Waals surface area contributed by atoms with Gasteiger partial charge in [0.15, 0.2) is 0 Å². The van der Waals surface area contributed by atoms with E-state index in [1.807, 2.05) is 34.6 Å². The van der Waals surface area contributed by atoms with Crippen LogP contribution in [0.25, 0.3) is 0 Å². The Labute approximate surface area is 181 Å². The first-order valence-corrected chi connectivity index (χ1v) is 10.1. The maximum Gasteiger partial charge on any atom is 0.331 e. The molecule has 1 aliphatic rings. The Morgan fingerprint density at radius 2 is 1.79 bits per heavy atom. The maximum atomic E-state index is 13.3. The minimum Gasteiger partial charge on any atom is -0.478 e. The van der Waals surface area contributed by atoms with E-state index in [2.05, 4.69) is 10.6 Å². The average molecular weight is 432 g/mol. The molecule has 1 fully saturated rings. The van der Waals surface area contributed by atoms with Crippen LogP contribution in [0.15, 0.2) is 11.6 Å². The van der Waals surface area contributed by atoms with Crippen LogP contribution >= 0.6 is 12.4 Å². The highest BCUT2D eigenvalue weighted by Crippen LogP contribution is 2.24. The molecule has 7 nitrogen and oxygen atoms in total. The normalized spacial score (nSPS) is 19.7. The third kappa shape index (κ3) is 7.97. The molecule has 0 bridgehead atoms. The van der Waals surface area contributed by atoms with Crippen LogP contribution in [0.1, 0.15) is 60.8 Å². The van der Waals surface area contributed by atoms with E-state index in [-0.39, 0.29) is 47.8 Å². The topological polar surface area (TPSA) is 98.7 Å². The summed E-state index contributed by atoms with van der Waals surface area (Å²) in [5.41, 5.74) is -0.288. The van der Waals surface area contributed by atoms with Crippen LogP contribution in [0, 0.1) is 11.3 Å². The van der Waals surface area contributed by atoms with Crippen molar-refractivity contribution in [3.05, 3.63) is 11.6 Å². The maximum absolute atomic E-state index is 13.3. The van der Waals surface area contributed by atoms with Gasteiger partial charge in [-0.3, -0.25) is 9.59 Å². The SMILES string of the molecule is C/C(=C\[C@H](C(C)C)N(C)C(=O)[C@@H](NC(=O)C1CCCCN1)C(C)(C)C)C(=O)O.Cl. The van der Waals surface area contributed by atoms with Gasteiger partial charge >= 0.3 is 5.97 Å². The van der Waals surface area contributed by atoms with Gasteiger partial charge in [0.1, 0.15) is 6.04 Å².